The monoisotopic (exact) mass is 272 g/mol. The van der Waals surface area contributed by atoms with Gasteiger partial charge in [-0.25, -0.2) is 14.4 Å². The van der Waals surface area contributed by atoms with Gasteiger partial charge in [-0.2, -0.15) is 0 Å². The van der Waals surface area contributed by atoms with Crippen LogP contribution >= 0.6 is 0 Å². The highest BCUT2D eigenvalue weighted by atomic mass is 19.1. The van der Waals surface area contributed by atoms with Crippen molar-refractivity contribution in [2.45, 2.75) is 25.7 Å². The molecular formula is C15H17FN4. The number of anilines is 3. The Bertz CT molecular complexity index is 638. The van der Waals surface area contributed by atoms with Gasteiger partial charge in [0, 0.05) is 24.2 Å². The highest BCUT2D eigenvalue weighted by Gasteiger charge is 2.28. The topological polar surface area (TPSA) is 49.8 Å². The van der Waals surface area contributed by atoms with Crippen molar-refractivity contribution in [3.8, 4) is 0 Å². The lowest BCUT2D eigenvalue weighted by Gasteiger charge is -2.13. The Balaban J connectivity index is 1.97. The van der Waals surface area contributed by atoms with E-state index in [9.17, 15) is 4.39 Å². The predicted octanol–water partition coefficient (Wildman–Crippen LogP) is 3.59. The van der Waals surface area contributed by atoms with Gasteiger partial charge in [0.25, 0.3) is 0 Å². The lowest BCUT2D eigenvalue weighted by atomic mass is 10.2. The Kier molecular flexibility index (Phi) is 3.26. The molecule has 1 saturated carbocycles. The van der Waals surface area contributed by atoms with Crippen molar-refractivity contribution in [3.63, 3.8) is 0 Å². The summed E-state index contributed by atoms with van der Waals surface area (Å²) in [5, 5.41) is 6.27. The van der Waals surface area contributed by atoms with Crippen molar-refractivity contribution in [2.24, 2.45) is 0 Å². The number of aromatic nitrogens is 2. The number of benzene rings is 1. The van der Waals surface area contributed by atoms with E-state index in [0.29, 0.717) is 11.6 Å². The summed E-state index contributed by atoms with van der Waals surface area (Å²) in [5.74, 6) is 2.62. The van der Waals surface area contributed by atoms with Crippen LogP contribution in [0.5, 0.6) is 0 Å². The highest BCUT2D eigenvalue weighted by molar-refractivity contribution is 5.64. The van der Waals surface area contributed by atoms with Gasteiger partial charge in [0.15, 0.2) is 0 Å². The first-order valence-corrected chi connectivity index (χ1v) is 6.76. The van der Waals surface area contributed by atoms with Crippen LogP contribution in [-0.4, -0.2) is 17.0 Å². The second-order valence-corrected chi connectivity index (χ2v) is 5.06. The zero-order valence-corrected chi connectivity index (χ0v) is 11.6. The molecule has 0 amide bonds. The number of hydrogen-bond acceptors (Lipinski definition) is 4. The Hall–Kier alpha value is -2.17. The first-order valence-electron chi connectivity index (χ1n) is 6.76. The van der Waals surface area contributed by atoms with Crippen LogP contribution in [0.2, 0.25) is 0 Å². The lowest BCUT2D eigenvalue weighted by Crippen LogP contribution is -2.06. The SMILES string of the molecule is CNc1nc(C2CC2)nc(Nc2cccc(F)c2)c1C. The quantitative estimate of drug-likeness (QED) is 0.893. The summed E-state index contributed by atoms with van der Waals surface area (Å²) in [6.07, 6.45) is 2.29. The fourth-order valence-electron chi connectivity index (χ4n) is 2.13. The van der Waals surface area contributed by atoms with Gasteiger partial charge in [-0.1, -0.05) is 6.07 Å². The Morgan fingerprint density at radius 3 is 2.60 bits per heavy atom. The van der Waals surface area contributed by atoms with Gasteiger partial charge in [-0.15, -0.1) is 0 Å². The van der Waals surface area contributed by atoms with Gasteiger partial charge < -0.3 is 10.6 Å². The first-order chi connectivity index (χ1) is 9.67. The Labute approximate surface area is 117 Å². The molecule has 3 rings (SSSR count). The van der Waals surface area contributed by atoms with Crippen LogP contribution in [0.3, 0.4) is 0 Å². The third kappa shape index (κ3) is 2.57. The average molecular weight is 272 g/mol. The first kappa shape index (κ1) is 12.8. The van der Waals surface area contributed by atoms with E-state index in [1.807, 2.05) is 20.0 Å². The van der Waals surface area contributed by atoms with Crippen LogP contribution in [-0.2, 0) is 0 Å². The minimum Gasteiger partial charge on any atom is -0.373 e. The molecule has 0 spiro atoms. The summed E-state index contributed by atoms with van der Waals surface area (Å²) in [6, 6.07) is 6.37. The molecule has 104 valence electrons. The molecule has 0 saturated heterocycles. The van der Waals surface area contributed by atoms with Crippen molar-refractivity contribution in [3.05, 3.63) is 41.5 Å². The smallest absolute Gasteiger partial charge is 0.139 e. The van der Waals surface area contributed by atoms with Crippen LogP contribution in [0.15, 0.2) is 24.3 Å². The van der Waals surface area contributed by atoms with Crippen molar-refractivity contribution in [2.75, 3.05) is 17.7 Å². The van der Waals surface area contributed by atoms with Gasteiger partial charge in [-0.05, 0) is 38.0 Å². The van der Waals surface area contributed by atoms with E-state index in [1.54, 1.807) is 6.07 Å². The Morgan fingerprint density at radius 1 is 1.20 bits per heavy atom. The molecule has 1 aliphatic rings. The van der Waals surface area contributed by atoms with E-state index in [1.165, 1.54) is 12.1 Å². The maximum atomic E-state index is 13.2. The Morgan fingerprint density at radius 2 is 1.95 bits per heavy atom. The maximum absolute atomic E-state index is 13.2. The fraction of sp³-hybridized carbons (Fsp3) is 0.333. The second-order valence-electron chi connectivity index (χ2n) is 5.06. The molecule has 1 aromatic carbocycles. The zero-order valence-electron chi connectivity index (χ0n) is 11.6. The molecule has 0 unspecified atom stereocenters. The third-order valence-electron chi connectivity index (χ3n) is 3.43. The minimum absolute atomic E-state index is 0.266. The van der Waals surface area contributed by atoms with E-state index in [0.717, 1.165) is 35.9 Å². The van der Waals surface area contributed by atoms with Crippen LogP contribution in [0.1, 0.15) is 30.1 Å². The number of halogens is 1. The van der Waals surface area contributed by atoms with E-state index < -0.39 is 0 Å². The predicted molar refractivity (Wildman–Crippen MR) is 78.0 cm³/mol. The molecule has 0 aliphatic heterocycles. The molecule has 1 aliphatic carbocycles. The standard InChI is InChI=1S/C15H17FN4/c1-9-13(17-2)19-15(10-6-7-10)20-14(9)18-12-5-3-4-11(16)8-12/h3-5,8,10H,6-7H2,1-2H3,(H2,17,18,19,20). The van der Waals surface area contributed by atoms with Crippen LogP contribution in [0, 0.1) is 12.7 Å². The molecule has 1 fully saturated rings. The number of nitrogens with zero attached hydrogens (tertiary/aromatic N) is 2. The molecule has 1 aromatic heterocycles. The van der Waals surface area contributed by atoms with Gasteiger partial charge in [0.2, 0.25) is 0 Å². The van der Waals surface area contributed by atoms with Crippen LogP contribution in [0.25, 0.3) is 0 Å². The molecule has 2 aromatic rings. The van der Waals surface area contributed by atoms with Gasteiger partial charge in [0.05, 0.1) is 0 Å². The van der Waals surface area contributed by atoms with Crippen molar-refractivity contribution < 1.29 is 4.39 Å². The number of nitrogens with one attached hydrogen (secondary N) is 2. The summed E-state index contributed by atoms with van der Waals surface area (Å²) in [6.45, 7) is 1.95. The van der Waals surface area contributed by atoms with Gasteiger partial charge in [0.1, 0.15) is 23.3 Å². The maximum Gasteiger partial charge on any atom is 0.139 e. The molecule has 20 heavy (non-hydrogen) atoms. The molecule has 5 heteroatoms. The van der Waals surface area contributed by atoms with Crippen LogP contribution in [0.4, 0.5) is 21.7 Å². The van der Waals surface area contributed by atoms with E-state index in [2.05, 4.69) is 20.6 Å². The second kappa shape index (κ2) is 5.07. The minimum atomic E-state index is -0.266. The molecule has 1 heterocycles. The summed E-state index contributed by atoms with van der Waals surface area (Å²) in [7, 11) is 1.85. The molecule has 0 atom stereocenters. The number of rotatable bonds is 4. The molecular weight excluding hydrogens is 255 g/mol. The molecule has 0 radical (unpaired) electrons. The van der Waals surface area contributed by atoms with E-state index >= 15 is 0 Å². The fourth-order valence-corrected chi connectivity index (χ4v) is 2.13. The summed E-state index contributed by atoms with van der Waals surface area (Å²) < 4.78 is 13.2. The van der Waals surface area contributed by atoms with Gasteiger partial charge in [-0.3, -0.25) is 0 Å². The third-order valence-corrected chi connectivity index (χ3v) is 3.43. The summed E-state index contributed by atoms with van der Waals surface area (Å²) >= 11 is 0. The number of hydrogen-bond donors (Lipinski definition) is 2. The van der Waals surface area contributed by atoms with Crippen molar-refractivity contribution >= 4 is 17.3 Å². The van der Waals surface area contributed by atoms with Crippen molar-refractivity contribution in [1.82, 2.24) is 9.97 Å². The van der Waals surface area contributed by atoms with E-state index in [4.69, 9.17) is 0 Å². The molecule has 4 nitrogen and oxygen atoms in total. The largest absolute Gasteiger partial charge is 0.373 e. The summed E-state index contributed by atoms with van der Waals surface area (Å²) in [4.78, 5) is 9.12. The van der Waals surface area contributed by atoms with Gasteiger partial charge >= 0.3 is 0 Å². The molecule has 2 N–H and O–H groups in total. The lowest BCUT2D eigenvalue weighted by molar-refractivity contribution is 0.628. The highest BCUT2D eigenvalue weighted by Crippen LogP contribution is 2.39. The molecule has 0 bridgehead atoms. The zero-order chi connectivity index (χ0) is 14.1. The normalized spacial score (nSPS) is 14.2. The summed E-state index contributed by atoms with van der Waals surface area (Å²) in [5.41, 5.74) is 1.62. The van der Waals surface area contributed by atoms with Crippen LogP contribution < -0.4 is 10.6 Å². The van der Waals surface area contributed by atoms with E-state index in [-0.39, 0.29) is 5.82 Å². The average Bonchev–Trinajstić information content (AvgIpc) is 3.25. The van der Waals surface area contributed by atoms with Crippen molar-refractivity contribution in [1.29, 1.82) is 0 Å².